The predicted octanol–water partition coefficient (Wildman–Crippen LogP) is 8.08. The van der Waals surface area contributed by atoms with E-state index in [4.69, 9.17) is 4.74 Å². The van der Waals surface area contributed by atoms with Crippen molar-refractivity contribution in [3.8, 4) is 0 Å². The highest BCUT2D eigenvalue weighted by Gasteiger charge is 2.28. The molecular formula is C33H39F3N2O. The molecule has 1 N–H and O–H groups in total. The van der Waals surface area contributed by atoms with Gasteiger partial charge in [-0.05, 0) is 92.6 Å². The fraction of sp³-hybridized carbons (Fsp3) is 0.394. The number of nitrogens with zero attached hydrogens (tertiary/aromatic N) is 1. The van der Waals surface area contributed by atoms with Crippen LogP contribution in [0.25, 0.3) is 17.4 Å². The first kappa shape index (κ1) is 28.8. The largest absolute Gasteiger partial charge is 0.461 e. The van der Waals surface area contributed by atoms with Crippen LogP contribution < -0.4 is 5.32 Å². The zero-order valence-electron chi connectivity index (χ0n) is 23.4. The molecule has 39 heavy (non-hydrogen) atoms. The number of allylic oxidation sites excluding steroid dienone is 5. The molecule has 0 atom stereocenters. The molecule has 0 radical (unpaired) electrons. The number of benzene rings is 2. The van der Waals surface area contributed by atoms with E-state index in [1.165, 1.54) is 26.0 Å². The van der Waals surface area contributed by atoms with Crippen LogP contribution in [0, 0.1) is 12.7 Å². The van der Waals surface area contributed by atoms with Crippen LogP contribution in [0.5, 0.6) is 0 Å². The molecule has 0 amide bonds. The molecule has 0 aromatic heterocycles. The average Bonchev–Trinajstić information content (AvgIpc) is 2.89. The van der Waals surface area contributed by atoms with E-state index in [2.05, 4.69) is 22.9 Å². The van der Waals surface area contributed by atoms with Crippen molar-refractivity contribution in [3.63, 3.8) is 0 Å². The van der Waals surface area contributed by atoms with Crippen molar-refractivity contribution in [2.24, 2.45) is 0 Å². The summed E-state index contributed by atoms with van der Waals surface area (Å²) in [6.45, 7) is 13.1. The lowest BCUT2D eigenvalue weighted by molar-refractivity contribution is 0.127. The van der Waals surface area contributed by atoms with Crippen molar-refractivity contribution in [1.29, 1.82) is 0 Å². The molecule has 0 bridgehead atoms. The second-order valence-electron chi connectivity index (χ2n) is 10.9. The van der Waals surface area contributed by atoms with Gasteiger partial charge in [0.15, 0.2) is 0 Å². The Bertz CT molecular complexity index is 1300. The molecule has 4 rings (SSSR count). The van der Waals surface area contributed by atoms with Crippen LogP contribution >= 0.6 is 0 Å². The molecule has 2 aliphatic rings. The highest BCUT2D eigenvalue weighted by atomic mass is 19.1. The van der Waals surface area contributed by atoms with Crippen molar-refractivity contribution in [3.05, 3.63) is 100 Å². The minimum Gasteiger partial charge on any atom is -0.461 e. The molecule has 1 aliphatic carbocycles. The maximum atomic E-state index is 15.2. The molecule has 0 spiro atoms. The number of rotatable bonds is 11. The smallest absolute Gasteiger partial charge is 0.137 e. The van der Waals surface area contributed by atoms with Crippen molar-refractivity contribution < 1.29 is 17.9 Å². The Morgan fingerprint density at radius 1 is 1.15 bits per heavy atom. The fourth-order valence-corrected chi connectivity index (χ4v) is 5.26. The number of nitrogens with one attached hydrogen (secondary N) is 1. The number of alkyl halides is 2. The number of likely N-dealkylation sites (tertiary alicyclic amines) is 1. The van der Waals surface area contributed by atoms with E-state index in [-0.39, 0.29) is 12.2 Å². The Morgan fingerprint density at radius 3 is 2.56 bits per heavy atom. The summed E-state index contributed by atoms with van der Waals surface area (Å²) in [5.74, 6) is 0.947. The third-order valence-corrected chi connectivity index (χ3v) is 7.51. The molecule has 1 heterocycles. The first-order valence-corrected chi connectivity index (χ1v) is 13.7. The van der Waals surface area contributed by atoms with Crippen molar-refractivity contribution in [1.82, 2.24) is 10.2 Å². The molecule has 0 unspecified atom stereocenters. The monoisotopic (exact) mass is 536 g/mol. The van der Waals surface area contributed by atoms with Gasteiger partial charge in [0, 0.05) is 37.3 Å². The van der Waals surface area contributed by atoms with E-state index in [1.54, 1.807) is 12.1 Å². The average molecular weight is 537 g/mol. The van der Waals surface area contributed by atoms with Crippen LogP contribution in [0.15, 0.2) is 66.6 Å². The lowest BCUT2D eigenvalue weighted by Crippen LogP contribution is -2.57. The van der Waals surface area contributed by atoms with E-state index in [0.717, 1.165) is 59.8 Å². The van der Waals surface area contributed by atoms with Gasteiger partial charge < -0.3 is 10.1 Å². The summed E-state index contributed by atoms with van der Waals surface area (Å²) in [5, 5.41) is 3.59. The summed E-state index contributed by atoms with van der Waals surface area (Å²) in [4.78, 5) is 2.26. The van der Waals surface area contributed by atoms with Gasteiger partial charge in [0.1, 0.15) is 23.0 Å². The summed E-state index contributed by atoms with van der Waals surface area (Å²) in [5.41, 5.74) is 3.91. The van der Waals surface area contributed by atoms with E-state index in [1.807, 2.05) is 38.1 Å². The second-order valence-corrected chi connectivity index (χ2v) is 10.9. The molecule has 0 saturated carbocycles. The van der Waals surface area contributed by atoms with Gasteiger partial charge in [-0.1, -0.05) is 36.9 Å². The lowest BCUT2D eigenvalue weighted by atomic mass is 9.88. The van der Waals surface area contributed by atoms with Crippen LogP contribution in [0.2, 0.25) is 0 Å². The van der Waals surface area contributed by atoms with Gasteiger partial charge in [0.25, 0.3) is 0 Å². The van der Waals surface area contributed by atoms with Crippen molar-refractivity contribution >= 4 is 17.4 Å². The maximum absolute atomic E-state index is 15.2. The second kappa shape index (κ2) is 12.3. The summed E-state index contributed by atoms with van der Waals surface area (Å²) in [6.07, 6.45) is 7.95. The Hall–Kier alpha value is -3.25. The Kier molecular flexibility index (Phi) is 9.06. The molecule has 3 nitrogen and oxygen atoms in total. The van der Waals surface area contributed by atoms with Gasteiger partial charge in [0.05, 0.1) is 12.7 Å². The van der Waals surface area contributed by atoms with E-state index in [0.29, 0.717) is 30.2 Å². The number of ether oxygens (including phenoxy) is 1. The molecule has 208 valence electrons. The highest BCUT2D eigenvalue weighted by molar-refractivity contribution is 5.89. The normalized spacial score (nSPS) is 17.1. The fourth-order valence-electron chi connectivity index (χ4n) is 5.26. The minimum absolute atomic E-state index is 0.269. The quantitative estimate of drug-likeness (QED) is 0.232. The third-order valence-electron chi connectivity index (χ3n) is 7.51. The summed E-state index contributed by atoms with van der Waals surface area (Å²) >= 11 is 0. The maximum Gasteiger partial charge on any atom is 0.137 e. The molecule has 2 aromatic carbocycles. The Labute approximate surface area is 230 Å². The van der Waals surface area contributed by atoms with Crippen LogP contribution in [-0.4, -0.2) is 37.3 Å². The topological polar surface area (TPSA) is 24.5 Å². The predicted molar refractivity (Wildman–Crippen MR) is 155 cm³/mol. The summed E-state index contributed by atoms with van der Waals surface area (Å²) < 4.78 is 48.4. The van der Waals surface area contributed by atoms with Crippen LogP contribution in [0.3, 0.4) is 0 Å². The number of hydrogen-bond donors (Lipinski definition) is 1. The number of hydrogen-bond acceptors (Lipinski definition) is 3. The molecule has 1 aliphatic heterocycles. The zero-order chi connectivity index (χ0) is 28.2. The molecule has 2 aromatic rings. The molecule has 6 heteroatoms. The highest BCUT2D eigenvalue weighted by Crippen LogP contribution is 2.39. The van der Waals surface area contributed by atoms with Gasteiger partial charge in [-0.15, -0.1) is 0 Å². The van der Waals surface area contributed by atoms with E-state index in [9.17, 15) is 8.78 Å². The minimum atomic E-state index is -1.74. The SMILES string of the molecule is C=Cc1cccc(/C(OC2=CC=C(NC3CN(CCCF)C3)CC2)=C(\C)c2ccc(F)cc2C(C)(C)F)c1C. The molecule has 1 saturated heterocycles. The lowest BCUT2D eigenvalue weighted by Gasteiger charge is -2.40. The summed E-state index contributed by atoms with van der Waals surface area (Å²) in [6, 6.07) is 10.6. The number of halogens is 3. The van der Waals surface area contributed by atoms with Gasteiger partial charge in [-0.25, -0.2) is 8.78 Å². The van der Waals surface area contributed by atoms with Gasteiger partial charge in [-0.3, -0.25) is 9.29 Å². The summed E-state index contributed by atoms with van der Waals surface area (Å²) in [7, 11) is 0. The molecule has 1 fully saturated rings. The van der Waals surface area contributed by atoms with Crippen molar-refractivity contribution in [2.75, 3.05) is 26.3 Å². The first-order valence-electron chi connectivity index (χ1n) is 13.7. The zero-order valence-corrected chi connectivity index (χ0v) is 23.4. The van der Waals surface area contributed by atoms with Gasteiger partial charge >= 0.3 is 0 Å². The van der Waals surface area contributed by atoms with E-state index >= 15 is 4.39 Å². The Balaban J connectivity index is 1.65. The van der Waals surface area contributed by atoms with Crippen LogP contribution in [-0.2, 0) is 10.4 Å². The molecular weight excluding hydrogens is 497 g/mol. The van der Waals surface area contributed by atoms with Crippen LogP contribution in [0.4, 0.5) is 13.2 Å². The first-order chi connectivity index (χ1) is 18.6. The van der Waals surface area contributed by atoms with Crippen LogP contribution in [0.1, 0.15) is 67.9 Å². The Morgan fingerprint density at radius 2 is 1.92 bits per heavy atom. The van der Waals surface area contributed by atoms with Gasteiger partial charge in [0.2, 0.25) is 0 Å². The van der Waals surface area contributed by atoms with Gasteiger partial charge in [-0.2, -0.15) is 0 Å². The van der Waals surface area contributed by atoms with Crippen molar-refractivity contribution in [2.45, 2.75) is 58.7 Å². The third kappa shape index (κ3) is 6.85. The van der Waals surface area contributed by atoms with E-state index < -0.39 is 11.5 Å². The standard InChI is InChI=1S/C33H39F3N2O/c1-6-24-9-7-10-30(22(24)2)32(23(3)29-16-11-25(35)19-31(29)33(4,5)36)39-28-14-12-26(13-15-28)37-27-20-38(21-27)18-8-17-34/h6-7,9-12,14,16,19,27,37H,1,8,13,15,17-18,20-21H2,2-5H3/b32-23-.